The molecule has 0 aliphatic heterocycles. The van der Waals surface area contributed by atoms with Crippen LogP contribution in [-0.2, 0) is 6.54 Å². The zero-order chi connectivity index (χ0) is 16.9. The molecule has 1 unspecified atom stereocenters. The predicted molar refractivity (Wildman–Crippen MR) is 101 cm³/mol. The number of hydrogen-bond acceptors (Lipinski definition) is 3. The van der Waals surface area contributed by atoms with Crippen molar-refractivity contribution in [2.75, 3.05) is 0 Å². The largest absolute Gasteiger partial charge is 0.343 e. The lowest BCUT2D eigenvalue weighted by Gasteiger charge is -2.20. The van der Waals surface area contributed by atoms with E-state index in [4.69, 9.17) is 0 Å². The molecule has 0 aliphatic rings. The van der Waals surface area contributed by atoms with Crippen molar-refractivity contribution < 1.29 is 4.79 Å². The molecule has 0 aliphatic carbocycles. The zero-order valence-corrected chi connectivity index (χ0v) is 15.3. The number of nitrogens with zero attached hydrogens (tertiary/aromatic N) is 3. The van der Waals surface area contributed by atoms with E-state index in [1.54, 1.807) is 11.0 Å². The van der Waals surface area contributed by atoms with Gasteiger partial charge < -0.3 is 5.32 Å². The van der Waals surface area contributed by atoms with Gasteiger partial charge in [-0.2, -0.15) is 5.10 Å². The molecule has 1 heterocycles. The van der Waals surface area contributed by atoms with Crippen molar-refractivity contribution in [3.8, 4) is 0 Å². The second-order valence-electron chi connectivity index (χ2n) is 5.49. The highest BCUT2D eigenvalue weighted by Gasteiger charge is 2.18. The van der Waals surface area contributed by atoms with Crippen LogP contribution in [0.3, 0.4) is 0 Å². The molecule has 0 spiro atoms. The monoisotopic (exact) mass is 432 g/mol. The lowest BCUT2D eigenvalue weighted by Crippen LogP contribution is -2.32. The van der Waals surface area contributed by atoms with Crippen molar-refractivity contribution in [2.24, 2.45) is 0 Å². The summed E-state index contributed by atoms with van der Waals surface area (Å²) in [6.07, 6.45) is 3.14. The summed E-state index contributed by atoms with van der Waals surface area (Å²) < 4.78 is 2.69. The van der Waals surface area contributed by atoms with Gasteiger partial charge in [0.05, 0.1) is 18.2 Å². The van der Waals surface area contributed by atoms with Crippen LogP contribution in [0.1, 0.15) is 27.5 Å². The van der Waals surface area contributed by atoms with E-state index in [1.165, 1.54) is 6.33 Å². The second kappa shape index (κ2) is 7.57. The van der Waals surface area contributed by atoms with Gasteiger partial charge in [0.25, 0.3) is 5.91 Å². The maximum atomic E-state index is 12.8. The molecule has 6 heteroatoms. The Morgan fingerprint density at radius 1 is 1.21 bits per heavy atom. The van der Waals surface area contributed by atoms with Gasteiger partial charge in [-0.3, -0.25) is 9.48 Å². The molecular weight excluding hydrogens is 415 g/mol. The van der Waals surface area contributed by atoms with Crippen LogP contribution in [-0.4, -0.2) is 20.7 Å². The van der Waals surface area contributed by atoms with E-state index in [9.17, 15) is 4.79 Å². The Bertz CT molecular complexity index is 818. The topological polar surface area (TPSA) is 59.8 Å². The number of aryl methyl sites for hydroxylation is 1. The fraction of sp³-hybridized carbons (Fsp3) is 0.167. The van der Waals surface area contributed by atoms with E-state index >= 15 is 0 Å². The van der Waals surface area contributed by atoms with Gasteiger partial charge in [-0.1, -0.05) is 42.5 Å². The van der Waals surface area contributed by atoms with Crippen LogP contribution < -0.4 is 5.32 Å². The first-order valence-electron chi connectivity index (χ1n) is 7.58. The highest BCUT2D eigenvalue weighted by molar-refractivity contribution is 14.1. The van der Waals surface area contributed by atoms with Gasteiger partial charge in [0.15, 0.2) is 0 Å². The van der Waals surface area contributed by atoms with Crippen LogP contribution in [0.4, 0.5) is 0 Å². The third-order valence-corrected chi connectivity index (χ3v) is 5.21. The molecule has 0 radical (unpaired) electrons. The Morgan fingerprint density at radius 2 is 2.00 bits per heavy atom. The number of aromatic nitrogens is 3. The minimum Gasteiger partial charge on any atom is -0.343 e. The van der Waals surface area contributed by atoms with Crippen molar-refractivity contribution in [1.29, 1.82) is 0 Å². The number of carbonyl (C=O) groups excluding carboxylic acids is 1. The lowest BCUT2D eigenvalue weighted by molar-refractivity contribution is 0.0931. The maximum absolute atomic E-state index is 12.8. The van der Waals surface area contributed by atoms with Crippen LogP contribution in [0.2, 0.25) is 0 Å². The minimum atomic E-state index is -0.184. The normalized spacial score (nSPS) is 11.9. The van der Waals surface area contributed by atoms with Gasteiger partial charge in [0.2, 0.25) is 0 Å². The first-order chi connectivity index (χ1) is 11.6. The summed E-state index contributed by atoms with van der Waals surface area (Å²) >= 11 is 2.22. The van der Waals surface area contributed by atoms with E-state index in [2.05, 4.69) is 38.0 Å². The smallest absolute Gasteiger partial charge is 0.252 e. The second-order valence-corrected chi connectivity index (χ2v) is 6.57. The lowest BCUT2D eigenvalue weighted by atomic mass is 10.1. The zero-order valence-electron chi connectivity index (χ0n) is 13.2. The highest BCUT2D eigenvalue weighted by Crippen LogP contribution is 2.19. The van der Waals surface area contributed by atoms with Crippen molar-refractivity contribution in [2.45, 2.75) is 19.5 Å². The van der Waals surface area contributed by atoms with Gasteiger partial charge in [0, 0.05) is 3.57 Å². The van der Waals surface area contributed by atoms with Crippen LogP contribution in [0.25, 0.3) is 0 Å². The summed E-state index contributed by atoms with van der Waals surface area (Å²) in [5.74, 6) is -0.0860. The molecule has 0 fully saturated rings. The quantitative estimate of drug-likeness (QED) is 0.630. The summed E-state index contributed by atoms with van der Waals surface area (Å²) in [4.78, 5) is 16.7. The van der Waals surface area contributed by atoms with Crippen LogP contribution in [0, 0.1) is 10.5 Å². The summed E-state index contributed by atoms with van der Waals surface area (Å²) in [6, 6.07) is 15.5. The Kier molecular flexibility index (Phi) is 5.24. The Morgan fingerprint density at radius 3 is 2.71 bits per heavy atom. The Balaban J connectivity index is 1.86. The average Bonchev–Trinajstić information content (AvgIpc) is 3.10. The molecule has 1 N–H and O–H groups in total. The van der Waals surface area contributed by atoms with Crippen molar-refractivity contribution >= 4 is 28.5 Å². The molecule has 0 bridgehead atoms. The maximum Gasteiger partial charge on any atom is 0.252 e. The molecular formula is C18H17IN4O. The molecule has 0 saturated heterocycles. The van der Waals surface area contributed by atoms with E-state index in [0.29, 0.717) is 12.1 Å². The van der Waals surface area contributed by atoms with E-state index < -0.39 is 0 Å². The number of benzene rings is 2. The number of nitrogens with one attached hydrogen (secondary N) is 1. The Hall–Kier alpha value is -2.22. The summed E-state index contributed by atoms with van der Waals surface area (Å²) in [5, 5.41) is 7.27. The fourth-order valence-corrected chi connectivity index (χ4v) is 3.10. The van der Waals surface area contributed by atoms with Gasteiger partial charge in [-0.05, 0) is 46.7 Å². The van der Waals surface area contributed by atoms with E-state index in [-0.39, 0.29) is 11.9 Å². The number of rotatable bonds is 5. The van der Waals surface area contributed by atoms with E-state index in [1.807, 2.05) is 55.5 Å². The molecule has 24 heavy (non-hydrogen) atoms. The van der Waals surface area contributed by atoms with Crippen molar-refractivity contribution in [1.82, 2.24) is 20.1 Å². The Labute approximate surface area is 154 Å². The summed E-state index contributed by atoms with van der Waals surface area (Å²) in [7, 11) is 0. The molecule has 1 amide bonds. The third kappa shape index (κ3) is 3.81. The third-order valence-electron chi connectivity index (χ3n) is 3.78. The minimum absolute atomic E-state index is 0.0860. The molecule has 122 valence electrons. The number of halogens is 1. The van der Waals surface area contributed by atoms with Gasteiger partial charge in [-0.15, -0.1) is 0 Å². The summed E-state index contributed by atoms with van der Waals surface area (Å²) in [5.41, 5.74) is 2.81. The predicted octanol–water partition coefficient (Wildman–Crippen LogP) is 3.36. The molecule has 3 aromatic rings. The molecule has 1 atom stereocenters. The van der Waals surface area contributed by atoms with Crippen LogP contribution >= 0.6 is 22.6 Å². The van der Waals surface area contributed by atoms with Crippen molar-refractivity contribution in [3.63, 3.8) is 0 Å². The summed E-state index contributed by atoms with van der Waals surface area (Å²) in [6.45, 7) is 2.53. The fourth-order valence-electron chi connectivity index (χ4n) is 2.49. The number of hydrogen-bond donors (Lipinski definition) is 1. The SMILES string of the molecule is Cc1cccc(C(=O)NC(Cn2cncn2)c2ccccc2)c1I. The number of carbonyl (C=O) groups is 1. The molecule has 2 aromatic carbocycles. The molecule has 1 aromatic heterocycles. The average molecular weight is 432 g/mol. The molecule has 3 rings (SSSR count). The van der Waals surface area contributed by atoms with Crippen LogP contribution in [0.5, 0.6) is 0 Å². The van der Waals surface area contributed by atoms with Gasteiger partial charge in [-0.25, -0.2) is 4.98 Å². The van der Waals surface area contributed by atoms with Crippen LogP contribution in [0.15, 0.2) is 61.2 Å². The molecule has 5 nitrogen and oxygen atoms in total. The van der Waals surface area contributed by atoms with E-state index in [0.717, 1.165) is 14.7 Å². The van der Waals surface area contributed by atoms with Gasteiger partial charge in [0.1, 0.15) is 12.7 Å². The van der Waals surface area contributed by atoms with Gasteiger partial charge >= 0.3 is 0 Å². The van der Waals surface area contributed by atoms with Crippen molar-refractivity contribution in [3.05, 3.63) is 81.4 Å². The number of amides is 1. The highest BCUT2D eigenvalue weighted by atomic mass is 127. The first kappa shape index (κ1) is 16.6. The first-order valence-corrected chi connectivity index (χ1v) is 8.66. The standard InChI is InChI=1S/C18H17IN4O/c1-13-6-5-9-15(17(13)19)18(24)22-16(10-23-12-20-11-21-23)14-7-3-2-4-8-14/h2-9,11-12,16H,10H2,1H3,(H,22,24). The molecule has 0 saturated carbocycles.